The third-order valence-electron chi connectivity index (χ3n) is 8.76. The molecule has 0 saturated heterocycles. The third-order valence-corrected chi connectivity index (χ3v) is 8.76. The van der Waals surface area contributed by atoms with Gasteiger partial charge in [-0.25, -0.2) is 15.0 Å². The molecule has 0 spiro atoms. The first kappa shape index (κ1) is 30.1. The van der Waals surface area contributed by atoms with Crippen LogP contribution in [0.5, 0.6) is 0 Å². The molecule has 0 radical (unpaired) electrons. The van der Waals surface area contributed by atoms with E-state index in [1.54, 1.807) is 6.07 Å². The minimum atomic E-state index is 0.469. The SMILES string of the molecule is N#Cc1cc(C#N)cc(-c2ccc(-c3cc(-c4ccc(-c5nc(-c6ccccc6)nc(-c6ccccc6)n5)cc4)cc4ccccc34)cc2)c1. The maximum absolute atomic E-state index is 9.46. The number of fused-ring (bicyclic) bond motifs is 1. The fourth-order valence-electron chi connectivity index (χ4n) is 6.23. The second-order valence-corrected chi connectivity index (χ2v) is 12.0. The fourth-order valence-corrected chi connectivity index (χ4v) is 6.23. The molecular formula is C45H27N5. The Kier molecular flexibility index (Phi) is 7.91. The van der Waals surface area contributed by atoms with Gasteiger partial charge in [0.25, 0.3) is 0 Å². The Labute approximate surface area is 290 Å². The van der Waals surface area contributed by atoms with Gasteiger partial charge in [-0.1, -0.05) is 133 Å². The first-order valence-electron chi connectivity index (χ1n) is 16.2. The Hall–Kier alpha value is -7.21. The average Bonchev–Trinajstić information content (AvgIpc) is 3.20. The Bertz CT molecular complexity index is 2490. The van der Waals surface area contributed by atoms with Crippen molar-refractivity contribution >= 4 is 10.8 Å². The predicted octanol–water partition coefficient (Wildman–Crippen LogP) is 10.8. The summed E-state index contributed by atoms with van der Waals surface area (Å²) in [7, 11) is 0. The monoisotopic (exact) mass is 637 g/mol. The van der Waals surface area contributed by atoms with Crippen LogP contribution in [-0.4, -0.2) is 15.0 Å². The van der Waals surface area contributed by atoms with Crippen LogP contribution >= 0.6 is 0 Å². The number of benzene rings is 7. The lowest BCUT2D eigenvalue weighted by molar-refractivity contribution is 1.07. The van der Waals surface area contributed by atoms with Crippen molar-refractivity contribution < 1.29 is 0 Å². The first-order chi connectivity index (χ1) is 24.6. The summed E-state index contributed by atoms with van der Waals surface area (Å²) < 4.78 is 0. The smallest absolute Gasteiger partial charge is 0.164 e. The summed E-state index contributed by atoms with van der Waals surface area (Å²) in [6.45, 7) is 0. The molecule has 0 atom stereocenters. The van der Waals surface area contributed by atoms with Crippen LogP contribution in [0, 0.1) is 22.7 Å². The molecule has 7 aromatic carbocycles. The second-order valence-electron chi connectivity index (χ2n) is 12.0. The molecule has 0 saturated carbocycles. The lowest BCUT2D eigenvalue weighted by Gasteiger charge is -2.13. The van der Waals surface area contributed by atoms with Gasteiger partial charge in [-0.05, 0) is 74.5 Å². The number of nitriles is 2. The number of rotatable bonds is 6. The summed E-state index contributed by atoms with van der Waals surface area (Å²) in [5.41, 5.74) is 9.88. The summed E-state index contributed by atoms with van der Waals surface area (Å²) in [5.74, 6) is 1.88. The lowest BCUT2D eigenvalue weighted by Crippen LogP contribution is -2.00. The number of hydrogen-bond acceptors (Lipinski definition) is 5. The molecule has 0 N–H and O–H groups in total. The fraction of sp³-hybridized carbons (Fsp3) is 0. The van der Waals surface area contributed by atoms with Crippen LogP contribution in [0.3, 0.4) is 0 Å². The van der Waals surface area contributed by atoms with Crippen LogP contribution in [-0.2, 0) is 0 Å². The molecule has 0 fully saturated rings. The number of aromatic nitrogens is 3. The highest BCUT2D eigenvalue weighted by Crippen LogP contribution is 2.36. The highest BCUT2D eigenvalue weighted by molar-refractivity contribution is 6.00. The van der Waals surface area contributed by atoms with E-state index in [1.807, 2.05) is 84.9 Å². The standard InChI is InChI=1S/C45H27N5/c46-28-30-23-31(29-47)25-39(24-30)32-15-19-34(20-16-32)42-27-40(26-38-13-7-8-14-41(38)42)33-17-21-37(22-18-33)45-49-43(35-9-3-1-4-10-35)48-44(50-45)36-11-5-2-6-12-36/h1-27H. The number of hydrogen-bond donors (Lipinski definition) is 0. The van der Waals surface area contributed by atoms with Gasteiger partial charge >= 0.3 is 0 Å². The summed E-state index contributed by atoms with van der Waals surface area (Å²) in [6, 6.07) is 59.1. The van der Waals surface area contributed by atoms with E-state index in [-0.39, 0.29) is 0 Å². The van der Waals surface area contributed by atoms with Crippen LogP contribution in [0.4, 0.5) is 0 Å². The van der Waals surface area contributed by atoms with Gasteiger partial charge in [0.2, 0.25) is 0 Å². The van der Waals surface area contributed by atoms with E-state index in [0.717, 1.165) is 60.8 Å². The summed E-state index contributed by atoms with van der Waals surface area (Å²) in [4.78, 5) is 14.6. The zero-order chi connectivity index (χ0) is 33.9. The van der Waals surface area contributed by atoms with Gasteiger partial charge in [-0.2, -0.15) is 10.5 Å². The van der Waals surface area contributed by atoms with Gasteiger partial charge in [-0.15, -0.1) is 0 Å². The summed E-state index contributed by atoms with van der Waals surface area (Å²) in [6.07, 6.45) is 0. The van der Waals surface area contributed by atoms with Gasteiger partial charge in [0.15, 0.2) is 17.5 Å². The van der Waals surface area contributed by atoms with Crippen molar-refractivity contribution in [1.29, 1.82) is 10.5 Å². The van der Waals surface area contributed by atoms with Gasteiger partial charge in [-0.3, -0.25) is 0 Å². The van der Waals surface area contributed by atoms with E-state index in [4.69, 9.17) is 15.0 Å². The molecule has 0 amide bonds. The van der Waals surface area contributed by atoms with Crippen LogP contribution in [0.25, 0.3) is 78.3 Å². The highest BCUT2D eigenvalue weighted by atomic mass is 15.0. The van der Waals surface area contributed by atoms with Crippen molar-refractivity contribution in [3.05, 3.63) is 175 Å². The molecule has 232 valence electrons. The maximum atomic E-state index is 9.46. The van der Waals surface area contributed by atoms with Gasteiger partial charge in [0, 0.05) is 16.7 Å². The minimum absolute atomic E-state index is 0.469. The van der Waals surface area contributed by atoms with Crippen molar-refractivity contribution in [2.24, 2.45) is 0 Å². The van der Waals surface area contributed by atoms with Crippen molar-refractivity contribution in [3.8, 4) is 79.7 Å². The third kappa shape index (κ3) is 6.00. The maximum Gasteiger partial charge on any atom is 0.164 e. The van der Waals surface area contributed by atoms with Crippen LogP contribution in [0.15, 0.2) is 164 Å². The topological polar surface area (TPSA) is 86.2 Å². The molecule has 1 aromatic heterocycles. The Balaban J connectivity index is 1.17. The van der Waals surface area contributed by atoms with E-state index in [0.29, 0.717) is 28.6 Å². The van der Waals surface area contributed by atoms with Crippen molar-refractivity contribution in [3.63, 3.8) is 0 Å². The molecule has 5 heteroatoms. The molecule has 8 aromatic rings. The van der Waals surface area contributed by atoms with E-state index < -0.39 is 0 Å². The van der Waals surface area contributed by atoms with Crippen molar-refractivity contribution in [2.75, 3.05) is 0 Å². The van der Waals surface area contributed by atoms with Crippen LogP contribution < -0.4 is 0 Å². The lowest BCUT2D eigenvalue weighted by atomic mass is 9.91. The quantitative estimate of drug-likeness (QED) is 0.181. The molecule has 0 aliphatic carbocycles. The van der Waals surface area contributed by atoms with Gasteiger partial charge in [0.05, 0.1) is 23.3 Å². The minimum Gasteiger partial charge on any atom is -0.208 e. The van der Waals surface area contributed by atoms with Crippen molar-refractivity contribution in [2.45, 2.75) is 0 Å². The predicted molar refractivity (Wildman–Crippen MR) is 199 cm³/mol. The normalized spacial score (nSPS) is 10.8. The Morgan fingerprint density at radius 1 is 0.340 bits per heavy atom. The van der Waals surface area contributed by atoms with Gasteiger partial charge < -0.3 is 0 Å². The van der Waals surface area contributed by atoms with E-state index in [9.17, 15) is 10.5 Å². The van der Waals surface area contributed by atoms with E-state index >= 15 is 0 Å². The molecule has 1 heterocycles. The number of nitrogens with zero attached hydrogens (tertiary/aromatic N) is 5. The zero-order valence-corrected chi connectivity index (χ0v) is 26.8. The molecule has 50 heavy (non-hydrogen) atoms. The molecule has 5 nitrogen and oxygen atoms in total. The molecule has 0 bridgehead atoms. The Morgan fingerprint density at radius 2 is 0.760 bits per heavy atom. The highest BCUT2D eigenvalue weighted by Gasteiger charge is 2.14. The summed E-state index contributed by atoms with van der Waals surface area (Å²) in [5, 5.41) is 21.2. The largest absolute Gasteiger partial charge is 0.208 e. The first-order valence-corrected chi connectivity index (χ1v) is 16.2. The molecule has 0 unspecified atom stereocenters. The zero-order valence-electron chi connectivity index (χ0n) is 26.8. The summed E-state index contributed by atoms with van der Waals surface area (Å²) >= 11 is 0. The molecule has 0 aliphatic heterocycles. The van der Waals surface area contributed by atoms with Crippen LogP contribution in [0.2, 0.25) is 0 Å². The van der Waals surface area contributed by atoms with Crippen LogP contribution in [0.1, 0.15) is 11.1 Å². The molecule has 0 aliphatic rings. The van der Waals surface area contributed by atoms with E-state index in [1.165, 1.54) is 0 Å². The molecular weight excluding hydrogens is 611 g/mol. The molecule has 8 rings (SSSR count). The second kappa shape index (κ2) is 13.1. The Morgan fingerprint density at radius 3 is 1.28 bits per heavy atom. The van der Waals surface area contributed by atoms with Gasteiger partial charge in [0.1, 0.15) is 0 Å². The van der Waals surface area contributed by atoms with Crippen molar-refractivity contribution in [1.82, 2.24) is 15.0 Å². The average molecular weight is 638 g/mol. The van der Waals surface area contributed by atoms with E-state index in [2.05, 4.69) is 84.9 Å².